The zero-order valence-electron chi connectivity index (χ0n) is 43.6. The van der Waals surface area contributed by atoms with Gasteiger partial charge in [-0.25, -0.2) is 4.57 Å². The molecule has 3 atom stereocenters. The summed E-state index contributed by atoms with van der Waals surface area (Å²) in [7, 11) is -4.75. The number of allylic oxidation sites excluding steroid dienone is 8. The molecule has 0 aliphatic carbocycles. The highest BCUT2D eigenvalue weighted by atomic mass is 31.2. The maximum absolute atomic E-state index is 12.9. The second kappa shape index (κ2) is 50.8. The summed E-state index contributed by atoms with van der Waals surface area (Å²) in [5.74, 6) is -1.50. The first kappa shape index (κ1) is 65.4. The van der Waals surface area contributed by atoms with Crippen LogP contribution in [0.2, 0.25) is 0 Å². The number of unbranched alkanes of at least 4 members (excludes halogenated alkanes) is 26. The third-order valence-corrected chi connectivity index (χ3v) is 12.7. The molecule has 0 rings (SSSR count). The standard InChI is InChI=1S/C56H101O11P/c1-4-7-10-13-16-19-22-24-25-26-27-29-31-33-36-39-42-45-54(58)63-49-53(67-56(60)47-44-41-38-35-32-28-23-20-17-14-11-8-5-2)51-65-68(61,62)64-50-52(48-57)66-55(59)46-43-40-37-34-30-21-18-15-12-9-6-3/h8,11,15,17-18,20,28,32,52-53,57H,4-7,9-10,12-14,16,19,21-27,29-31,33-51H2,1-3H3,(H,61,62)/b11-8-,18-15-,20-17-,32-28-. The summed E-state index contributed by atoms with van der Waals surface area (Å²) >= 11 is 0. The van der Waals surface area contributed by atoms with Crippen LogP contribution < -0.4 is 0 Å². The Kier molecular flexibility index (Phi) is 48.9. The molecule has 0 saturated carbocycles. The van der Waals surface area contributed by atoms with Gasteiger partial charge in [0, 0.05) is 19.3 Å². The van der Waals surface area contributed by atoms with Crippen molar-refractivity contribution in [1.82, 2.24) is 0 Å². The van der Waals surface area contributed by atoms with Crippen molar-refractivity contribution in [3.05, 3.63) is 48.6 Å². The first-order chi connectivity index (χ1) is 33.2. The number of phosphoric ester groups is 1. The van der Waals surface area contributed by atoms with Crippen LogP contribution in [0.4, 0.5) is 0 Å². The Morgan fingerprint density at radius 3 is 1.25 bits per heavy atom. The minimum atomic E-state index is -4.75. The molecular formula is C56H101O11P. The summed E-state index contributed by atoms with van der Waals surface area (Å²) in [6, 6.07) is 0. The Bertz CT molecular complexity index is 1330. The quantitative estimate of drug-likeness (QED) is 0.0197. The van der Waals surface area contributed by atoms with Gasteiger partial charge in [-0.05, 0) is 70.6 Å². The summed E-state index contributed by atoms with van der Waals surface area (Å²) in [5.41, 5.74) is 0. The first-order valence-corrected chi connectivity index (χ1v) is 29.0. The number of esters is 3. The van der Waals surface area contributed by atoms with E-state index in [0.29, 0.717) is 19.3 Å². The number of ether oxygens (including phenoxy) is 3. The fraction of sp³-hybridized carbons (Fsp3) is 0.804. The Hall–Kier alpha value is -2.56. The van der Waals surface area contributed by atoms with Crippen LogP contribution in [0.15, 0.2) is 48.6 Å². The lowest BCUT2D eigenvalue weighted by molar-refractivity contribution is -0.161. The van der Waals surface area contributed by atoms with E-state index in [1.54, 1.807) is 0 Å². The molecule has 0 aliphatic heterocycles. The minimum Gasteiger partial charge on any atom is -0.462 e. The SMILES string of the molecule is CC/C=C\C/C=C\C/C=C\CCCCCC(=O)OC(COC(=O)CCCCCCCCCCCCCCCCCCC)COP(=O)(O)OCC(CO)OC(=O)CCCCCCC/C=C\CCCC. The Balaban J connectivity index is 4.72. The number of carbonyl (C=O) groups excluding carboxylic acids is 3. The molecular weight excluding hydrogens is 880 g/mol. The van der Waals surface area contributed by atoms with Crippen molar-refractivity contribution in [3.8, 4) is 0 Å². The van der Waals surface area contributed by atoms with Crippen LogP contribution in [-0.2, 0) is 42.2 Å². The fourth-order valence-corrected chi connectivity index (χ4v) is 8.31. The van der Waals surface area contributed by atoms with E-state index in [0.717, 1.165) is 96.3 Å². The van der Waals surface area contributed by atoms with Crippen molar-refractivity contribution in [1.29, 1.82) is 0 Å². The molecule has 0 fully saturated rings. The second-order valence-corrected chi connectivity index (χ2v) is 19.8. The average molecular weight is 981 g/mol. The number of aliphatic hydroxyl groups excluding tert-OH is 1. The van der Waals surface area contributed by atoms with E-state index in [2.05, 4.69) is 69.4 Å². The maximum Gasteiger partial charge on any atom is 0.472 e. The highest BCUT2D eigenvalue weighted by molar-refractivity contribution is 7.47. The highest BCUT2D eigenvalue weighted by Crippen LogP contribution is 2.43. The van der Waals surface area contributed by atoms with Gasteiger partial charge in [0.2, 0.25) is 0 Å². The van der Waals surface area contributed by atoms with Crippen molar-refractivity contribution in [3.63, 3.8) is 0 Å². The number of hydrogen-bond donors (Lipinski definition) is 2. The predicted molar refractivity (Wildman–Crippen MR) is 279 cm³/mol. The fourth-order valence-electron chi connectivity index (χ4n) is 7.53. The maximum atomic E-state index is 12.9. The molecule has 0 aromatic rings. The van der Waals surface area contributed by atoms with Crippen molar-refractivity contribution >= 4 is 25.7 Å². The summed E-state index contributed by atoms with van der Waals surface area (Å²) < 4.78 is 39.4. The Morgan fingerprint density at radius 2 is 0.779 bits per heavy atom. The highest BCUT2D eigenvalue weighted by Gasteiger charge is 2.28. The predicted octanol–water partition coefficient (Wildman–Crippen LogP) is 15.8. The molecule has 0 aliphatic rings. The average Bonchev–Trinajstić information content (AvgIpc) is 3.32. The van der Waals surface area contributed by atoms with Gasteiger partial charge in [0.15, 0.2) is 6.10 Å². The smallest absolute Gasteiger partial charge is 0.462 e. The van der Waals surface area contributed by atoms with Gasteiger partial charge in [-0.2, -0.15) is 0 Å². The Labute approximate surface area is 415 Å². The van der Waals surface area contributed by atoms with E-state index in [-0.39, 0.29) is 25.9 Å². The minimum absolute atomic E-state index is 0.134. The van der Waals surface area contributed by atoms with Gasteiger partial charge in [0.05, 0.1) is 19.8 Å². The van der Waals surface area contributed by atoms with Crippen molar-refractivity contribution in [2.45, 2.75) is 264 Å². The molecule has 0 radical (unpaired) electrons. The number of aliphatic hydroxyl groups is 1. The van der Waals surface area contributed by atoms with E-state index in [1.165, 1.54) is 96.3 Å². The molecule has 0 amide bonds. The molecule has 0 aromatic heterocycles. The molecule has 68 heavy (non-hydrogen) atoms. The van der Waals surface area contributed by atoms with Crippen molar-refractivity contribution < 1.29 is 52.2 Å². The van der Waals surface area contributed by atoms with Gasteiger partial charge in [-0.1, -0.05) is 211 Å². The molecule has 3 unspecified atom stereocenters. The number of carbonyl (C=O) groups is 3. The number of hydrogen-bond acceptors (Lipinski definition) is 10. The van der Waals surface area contributed by atoms with Gasteiger partial charge < -0.3 is 24.2 Å². The molecule has 12 heteroatoms. The molecule has 11 nitrogen and oxygen atoms in total. The molecule has 0 aromatic carbocycles. The van der Waals surface area contributed by atoms with Crippen LogP contribution in [0.1, 0.15) is 252 Å². The lowest BCUT2D eigenvalue weighted by Gasteiger charge is -2.21. The lowest BCUT2D eigenvalue weighted by atomic mass is 10.0. The van der Waals surface area contributed by atoms with Crippen LogP contribution >= 0.6 is 7.82 Å². The normalized spacial score (nSPS) is 13.8. The second-order valence-electron chi connectivity index (χ2n) is 18.4. The van der Waals surface area contributed by atoms with Crippen molar-refractivity contribution in [2.24, 2.45) is 0 Å². The van der Waals surface area contributed by atoms with Crippen LogP contribution in [0.25, 0.3) is 0 Å². The lowest BCUT2D eigenvalue weighted by Crippen LogP contribution is -2.30. The van der Waals surface area contributed by atoms with Gasteiger partial charge in [0.25, 0.3) is 0 Å². The molecule has 2 N–H and O–H groups in total. The topological polar surface area (TPSA) is 155 Å². The van der Waals surface area contributed by atoms with Gasteiger partial charge >= 0.3 is 25.7 Å². The summed E-state index contributed by atoms with van der Waals surface area (Å²) in [5, 5.41) is 9.77. The van der Waals surface area contributed by atoms with E-state index in [4.69, 9.17) is 23.3 Å². The summed E-state index contributed by atoms with van der Waals surface area (Å²) in [4.78, 5) is 48.3. The largest absolute Gasteiger partial charge is 0.472 e. The zero-order chi connectivity index (χ0) is 49.9. The molecule has 0 bridgehead atoms. The van der Waals surface area contributed by atoms with Crippen LogP contribution in [0, 0.1) is 0 Å². The van der Waals surface area contributed by atoms with E-state index in [9.17, 15) is 28.9 Å². The van der Waals surface area contributed by atoms with E-state index in [1.807, 2.05) is 0 Å². The molecule has 0 spiro atoms. The summed E-state index contributed by atoms with van der Waals surface area (Å²) in [6.45, 7) is 4.46. The monoisotopic (exact) mass is 981 g/mol. The van der Waals surface area contributed by atoms with Gasteiger partial charge in [-0.3, -0.25) is 23.4 Å². The third kappa shape index (κ3) is 48.5. The van der Waals surface area contributed by atoms with Crippen LogP contribution in [-0.4, -0.2) is 66.5 Å². The summed E-state index contributed by atoms with van der Waals surface area (Å²) in [6.07, 6.45) is 52.3. The van der Waals surface area contributed by atoms with E-state index < -0.39 is 57.8 Å². The third-order valence-electron chi connectivity index (χ3n) is 11.7. The van der Waals surface area contributed by atoms with Crippen LogP contribution in [0.5, 0.6) is 0 Å². The Morgan fingerprint density at radius 1 is 0.426 bits per heavy atom. The van der Waals surface area contributed by atoms with Crippen molar-refractivity contribution in [2.75, 3.05) is 26.4 Å². The number of phosphoric acid groups is 1. The van der Waals surface area contributed by atoms with E-state index >= 15 is 0 Å². The number of rotatable bonds is 51. The van der Waals surface area contributed by atoms with Gasteiger partial charge in [-0.15, -0.1) is 0 Å². The zero-order valence-corrected chi connectivity index (χ0v) is 44.5. The molecule has 0 saturated heterocycles. The van der Waals surface area contributed by atoms with Crippen LogP contribution in [0.3, 0.4) is 0 Å². The molecule has 396 valence electrons. The molecule has 0 heterocycles. The van der Waals surface area contributed by atoms with Gasteiger partial charge in [0.1, 0.15) is 12.7 Å². The first-order valence-electron chi connectivity index (χ1n) is 27.5.